The second-order valence-corrected chi connectivity index (χ2v) is 3.63. The van der Waals surface area contributed by atoms with Crippen molar-refractivity contribution in [2.75, 3.05) is 0 Å². The van der Waals surface area contributed by atoms with Crippen LogP contribution in [0.15, 0.2) is 48.5 Å². The van der Waals surface area contributed by atoms with E-state index in [0.717, 1.165) is 17.4 Å². The van der Waals surface area contributed by atoms with Gasteiger partial charge in [-0.25, -0.2) is 0 Å². The summed E-state index contributed by atoms with van der Waals surface area (Å²) in [5, 5.41) is 0.490. The number of carbonyl (C=O) groups is 1. The quantitative estimate of drug-likeness (QED) is 0.698. The summed E-state index contributed by atoms with van der Waals surface area (Å²) in [4.78, 5) is 10.7. The lowest BCUT2D eigenvalue weighted by atomic mass is 10.0. The third-order valence-corrected chi connectivity index (χ3v) is 2.57. The topological polar surface area (TPSA) is 17.1 Å². The molecule has 0 saturated heterocycles. The fourth-order valence-corrected chi connectivity index (χ4v) is 1.61. The normalized spacial score (nSPS) is 9.93. The van der Waals surface area contributed by atoms with Crippen molar-refractivity contribution < 1.29 is 4.79 Å². The van der Waals surface area contributed by atoms with Crippen LogP contribution in [0.4, 0.5) is 0 Å². The predicted octanol–water partition coefficient (Wildman–Crippen LogP) is 3.82. The van der Waals surface area contributed by atoms with Gasteiger partial charge in [-0.1, -0.05) is 48.0 Å². The molecule has 2 aromatic rings. The van der Waals surface area contributed by atoms with Crippen molar-refractivity contribution in [1.82, 2.24) is 0 Å². The van der Waals surface area contributed by atoms with E-state index in [1.54, 1.807) is 12.1 Å². The van der Waals surface area contributed by atoms with Crippen molar-refractivity contribution in [1.29, 1.82) is 0 Å². The van der Waals surface area contributed by atoms with E-state index in [4.69, 9.17) is 11.6 Å². The summed E-state index contributed by atoms with van der Waals surface area (Å²) in [6.07, 6.45) is 0.773. The molecule has 0 aliphatic heterocycles. The van der Waals surface area contributed by atoms with Gasteiger partial charge in [-0.05, 0) is 23.3 Å². The van der Waals surface area contributed by atoms with Crippen LogP contribution in [0.1, 0.15) is 10.4 Å². The van der Waals surface area contributed by atoms with E-state index < -0.39 is 0 Å². The van der Waals surface area contributed by atoms with Gasteiger partial charge in [0.1, 0.15) is 0 Å². The van der Waals surface area contributed by atoms with Crippen molar-refractivity contribution >= 4 is 17.9 Å². The molecule has 0 atom stereocenters. The Labute approximate surface area is 93.3 Å². The highest BCUT2D eigenvalue weighted by Gasteiger charge is 2.02. The third-order valence-electron chi connectivity index (χ3n) is 2.23. The van der Waals surface area contributed by atoms with E-state index in [-0.39, 0.29) is 0 Å². The summed E-state index contributed by atoms with van der Waals surface area (Å²) in [5.74, 6) is 0. The van der Waals surface area contributed by atoms with Crippen LogP contribution in [0.3, 0.4) is 0 Å². The summed E-state index contributed by atoms with van der Waals surface area (Å²) in [6, 6.07) is 15.3. The Balaban J connectivity index is 2.51. The van der Waals surface area contributed by atoms with E-state index in [9.17, 15) is 4.79 Å². The molecule has 0 radical (unpaired) electrons. The second-order valence-electron chi connectivity index (χ2n) is 3.22. The lowest BCUT2D eigenvalue weighted by Gasteiger charge is -2.03. The fourth-order valence-electron chi connectivity index (χ4n) is 1.44. The molecule has 2 rings (SSSR count). The Hall–Kier alpha value is -1.60. The first kappa shape index (κ1) is 9.94. The van der Waals surface area contributed by atoms with E-state index in [2.05, 4.69) is 0 Å². The van der Waals surface area contributed by atoms with Gasteiger partial charge in [-0.3, -0.25) is 4.79 Å². The predicted molar refractivity (Wildman–Crippen MR) is 62.3 cm³/mol. The van der Waals surface area contributed by atoms with Crippen molar-refractivity contribution in [3.8, 4) is 11.1 Å². The van der Waals surface area contributed by atoms with E-state index in [0.29, 0.717) is 10.6 Å². The minimum absolute atomic E-state index is 0.490. The summed E-state index contributed by atoms with van der Waals surface area (Å²) in [6.45, 7) is 0. The molecular formula is C13H9ClO. The van der Waals surface area contributed by atoms with Crippen LogP contribution in [0, 0.1) is 0 Å². The van der Waals surface area contributed by atoms with Gasteiger partial charge in [0.2, 0.25) is 0 Å². The Kier molecular flexibility index (Phi) is 2.84. The highest BCUT2D eigenvalue weighted by molar-refractivity contribution is 6.33. The molecule has 0 spiro atoms. The van der Waals surface area contributed by atoms with Crippen LogP contribution in [-0.2, 0) is 0 Å². The Morgan fingerprint density at radius 2 is 1.67 bits per heavy atom. The zero-order valence-electron chi connectivity index (χ0n) is 7.98. The van der Waals surface area contributed by atoms with E-state index in [1.165, 1.54) is 0 Å². The molecule has 0 aliphatic carbocycles. The Bertz CT molecular complexity index is 477. The Morgan fingerprint density at radius 3 is 2.33 bits per heavy atom. The smallest absolute Gasteiger partial charge is 0.151 e. The first-order valence-electron chi connectivity index (χ1n) is 4.61. The molecule has 0 fully saturated rings. The lowest BCUT2D eigenvalue weighted by Crippen LogP contribution is -1.84. The minimum Gasteiger partial charge on any atom is -0.298 e. The number of aldehydes is 1. The molecule has 0 bridgehead atoms. The lowest BCUT2D eigenvalue weighted by molar-refractivity contribution is 0.112. The van der Waals surface area contributed by atoms with Crippen molar-refractivity contribution in [2.45, 2.75) is 0 Å². The number of benzene rings is 2. The van der Waals surface area contributed by atoms with Crippen LogP contribution >= 0.6 is 11.6 Å². The highest BCUT2D eigenvalue weighted by Crippen LogP contribution is 2.23. The van der Waals surface area contributed by atoms with Gasteiger partial charge in [0, 0.05) is 5.56 Å². The average molecular weight is 217 g/mol. The first-order chi connectivity index (χ1) is 7.31. The van der Waals surface area contributed by atoms with E-state index >= 15 is 0 Å². The molecule has 15 heavy (non-hydrogen) atoms. The highest BCUT2D eigenvalue weighted by atomic mass is 35.5. The standard InChI is InChI=1S/C13H9ClO/c14-13-7-6-11(8-12(13)9-15)10-4-2-1-3-5-10/h1-9H. The van der Waals surface area contributed by atoms with E-state index in [1.807, 2.05) is 36.4 Å². The van der Waals surface area contributed by atoms with Crippen molar-refractivity contribution in [3.63, 3.8) is 0 Å². The summed E-state index contributed by atoms with van der Waals surface area (Å²) in [7, 11) is 0. The van der Waals surface area contributed by atoms with Gasteiger partial charge >= 0.3 is 0 Å². The maximum Gasteiger partial charge on any atom is 0.151 e. The maximum atomic E-state index is 10.7. The minimum atomic E-state index is 0.490. The van der Waals surface area contributed by atoms with Gasteiger partial charge in [0.15, 0.2) is 6.29 Å². The number of rotatable bonds is 2. The van der Waals surface area contributed by atoms with Crippen LogP contribution in [0.5, 0.6) is 0 Å². The summed E-state index contributed by atoms with van der Waals surface area (Å²) in [5.41, 5.74) is 2.61. The molecule has 1 nitrogen and oxygen atoms in total. The van der Waals surface area contributed by atoms with Gasteiger partial charge in [-0.2, -0.15) is 0 Å². The molecule has 0 unspecified atom stereocenters. The zero-order chi connectivity index (χ0) is 10.7. The van der Waals surface area contributed by atoms with Gasteiger partial charge in [-0.15, -0.1) is 0 Å². The van der Waals surface area contributed by atoms with Gasteiger partial charge in [0.25, 0.3) is 0 Å². The largest absolute Gasteiger partial charge is 0.298 e. The molecule has 0 saturated carbocycles. The number of hydrogen-bond acceptors (Lipinski definition) is 1. The SMILES string of the molecule is O=Cc1cc(-c2ccccc2)ccc1Cl. The van der Waals surface area contributed by atoms with Crippen molar-refractivity contribution in [3.05, 3.63) is 59.1 Å². The first-order valence-corrected chi connectivity index (χ1v) is 4.99. The molecule has 74 valence electrons. The Morgan fingerprint density at radius 1 is 0.933 bits per heavy atom. The maximum absolute atomic E-state index is 10.7. The average Bonchev–Trinajstić information content (AvgIpc) is 2.31. The van der Waals surface area contributed by atoms with Gasteiger partial charge < -0.3 is 0 Å². The molecule has 2 aromatic carbocycles. The monoisotopic (exact) mass is 216 g/mol. The van der Waals surface area contributed by atoms with Gasteiger partial charge in [0.05, 0.1) is 5.02 Å². The zero-order valence-corrected chi connectivity index (χ0v) is 8.74. The van der Waals surface area contributed by atoms with Crippen LogP contribution < -0.4 is 0 Å². The van der Waals surface area contributed by atoms with Crippen LogP contribution in [-0.4, -0.2) is 6.29 Å². The number of hydrogen-bond donors (Lipinski definition) is 0. The number of halogens is 1. The molecule has 0 amide bonds. The summed E-state index contributed by atoms with van der Waals surface area (Å²) < 4.78 is 0. The van der Waals surface area contributed by atoms with Crippen LogP contribution in [0.25, 0.3) is 11.1 Å². The fraction of sp³-hybridized carbons (Fsp3) is 0. The molecule has 0 N–H and O–H groups in total. The van der Waals surface area contributed by atoms with Crippen LogP contribution in [0.2, 0.25) is 5.02 Å². The molecule has 2 heteroatoms. The molecular weight excluding hydrogens is 208 g/mol. The van der Waals surface area contributed by atoms with Crippen molar-refractivity contribution in [2.24, 2.45) is 0 Å². The number of carbonyl (C=O) groups excluding carboxylic acids is 1. The third kappa shape index (κ3) is 2.08. The summed E-state index contributed by atoms with van der Waals surface area (Å²) >= 11 is 5.85. The molecule has 0 heterocycles. The molecule has 0 aromatic heterocycles. The second kappa shape index (κ2) is 4.28. The molecule has 0 aliphatic rings.